The number of hydrogen-bond acceptors (Lipinski definition) is 3. The van der Waals surface area contributed by atoms with Crippen LogP contribution in [0.2, 0.25) is 0 Å². The Hall–Kier alpha value is -2.69. The average Bonchev–Trinajstić information content (AvgIpc) is 3.16. The molecule has 3 heterocycles. The molecule has 2 aliphatic heterocycles. The van der Waals surface area contributed by atoms with Gasteiger partial charge in [0.05, 0.1) is 0 Å². The first kappa shape index (κ1) is 20.2. The van der Waals surface area contributed by atoms with Gasteiger partial charge in [-0.15, -0.1) is 0 Å². The van der Waals surface area contributed by atoms with Crippen molar-refractivity contribution in [1.82, 2.24) is 5.32 Å². The number of para-hydroxylation sites is 2. The second-order valence-corrected chi connectivity index (χ2v) is 11.0. The minimum atomic E-state index is -0.512. The Morgan fingerprint density at radius 3 is 2.48 bits per heavy atom. The number of rotatable bonds is 2. The van der Waals surface area contributed by atoms with Crippen molar-refractivity contribution in [3.8, 4) is 0 Å². The van der Waals surface area contributed by atoms with Gasteiger partial charge in [0.2, 0.25) is 0 Å². The van der Waals surface area contributed by atoms with Crippen LogP contribution in [-0.4, -0.2) is 47.1 Å². The van der Waals surface area contributed by atoms with Crippen LogP contribution in [0.15, 0.2) is 71.2 Å². The summed E-state index contributed by atoms with van der Waals surface area (Å²) in [7, 11) is 0. The quantitative estimate of drug-likeness (QED) is 0.309. The first-order valence-corrected chi connectivity index (χ1v) is 12.4. The molecule has 1 aromatic heterocycles. The fourth-order valence-electron chi connectivity index (χ4n) is 4.08. The molecule has 2 amide bonds. The second-order valence-electron chi connectivity index (χ2n) is 7.91. The third-order valence-electron chi connectivity index (χ3n) is 5.63. The van der Waals surface area contributed by atoms with Gasteiger partial charge in [0.1, 0.15) is 0 Å². The molecule has 0 saturated carbocycles. The number of amides is 2. The van der Waals surface area contributed by atoms with Gasteiger partial charge in [0, 0.05) is 0 Å². The first-order valence-electron chi connectivity index (χ1n) is 9.78. The summed E-state index contributed by atoms with van der Waals surface area (Å²) >= 11 is 2.51. The van der Waals surface area contributed by atoms with E-state index in [1.807, 2.05) is 18.2 Å². The van der Waals surface area contributed by atoms with E-state index in [4.69, 9.17) is 0 Å². The standard InChI is InChI=1S/C24H18N3O2Se2/c1-24(2)17-10-6-7-11-19(17)27(14-8-4-3-5-9-14)22-18(24)13-15(31-22)12-16-20(28)25-23(30)26-21(16)29/h3-13H,1-2H3,(H,25,26,28,29). The van der Waals surface area contributed by atoms with Crippen LogP contribution in [0.4, 0.5) is 15.9 Å². The maximum absolute atomic E-state index is 12.4. The van der Waals surface area contributed by atoms with E-state index in [1.165, 1.54) is 21.4 Å². The van der Waals surface area contributed by atoms with Crippen LogP contribution in [0.25, 0.3) is 6.08 Å². The van der Waals surface area contributed by atoms with Gasteiger partial charge < -0.3 is 0 Å². The predicted molar refractivity (Wildman–Crippen MR) is 125 cm³/mol. The first-order chi connectivity index (χ1) is 14.9. The minimum absolute atomic E-state index is 0.0774. The predicted octanol–water partition coefficient (Wildman–Crippen LogP) is 3.42. The molecule has 5 nitrogen and oxygen atoms in total. The van der Waals surface area contributed by atoms with Gasteiger partial charge in [0.15, 0.2) is 0 Å². The van der Waals surface area contributed by atoms with Gasteiger partial charge in [-0.3, -0.25) is 0 Å². The van der Waals surface area contributed by atoms with Gasteiger partial charge in [-0.2, -0.15) is 0 Å². The normalized spacial score (nSPS) is 18.3. The third-order valence-corrected chi connectivity index (χ3v) is 8.27. The molecule has 2 aliphatic rings. The molecule has 31 heavy (non-hydrogen) atoms. The van der Waals surface area contributed by atoms with E-state index < -0.39 is 11.8 Å². The molecule has 0 spiro atoms. The van der Waals surface area contributed by atoms with Crippen molar-refractivity contribution in [2.24, 2.45) is 4.99 Å². The zero-order valence-electron chi connectivity index (χ0n) is 16.9. The molecule has 0 saturated heterocycles. The number of nitrogens with zero attached hydrogens (tertiary/aromatic N) is 2. The summed E-state index contributed by atoms with van der Waals surface area (Å²) in [6.45, 7) is 4.46. The van der Waals surface area contributed by atoms with Gasteiger partial charge >= 0.3 is 195 Å². The molecule has 0 atom stereocenters. The molecule has 153 valence electrons. The molecule has 7 heteroatoms. The number of carbonyl (C=O) groups is 2. The molecule has 0 aliphatic carbocycles. The van der Waals surface area contributed by atoms with Gasteiger partial charge in [-0.1, -0.05) is 0 Å². The van der Waals surface area contributed by atoms with Crippen molar-refractivity contribution in [1.29, 1.82) is 0 Å². The van der Waals surface area contributed by atoms with Crippen molar-refractivity contribution in [2.75, 3.05) is 4.90 Å². The van der Waals surface area contributed by atoms with E-state index in [-0.39, 0.29) is 30.2 Å². The zero-order valence-corrected chi connectivity index (χ0v) is 20.3. The maximum atomic E-state index is 12.4. The molecular weight excluding hydrogens is 520 g/mol. The molecule has 1 N–H and O–H groups in total. The van der Waals surface area contributed by atoms with Gasteiger partial charge in [0.25, 0.3) is 0 Å². The van der Waals surface area contributed by atoms with Crippen LogP contribution >= 0.6 is 0 Å². The molecule has 5 rings (SSSR count). The monoisotopic (exact) mass is 540 g/mol. The second kappa shape index (κ2) is 7.47. The molecular formula is C24H18N3O2Se2. The Morgan fingerprint density at radius 2 is 1.74 bits per heavy atom. The van der Waals surface area contributed by atoms with E-state index >= 15 is 0 Å². The Kier molecular flexibility index (Phi) is 4.87. The van der Waals surface area contributed by atoms with E-state index in [0.29, 0.717) is 0 Å². The number of nitrogens with one attached hydrogen (secondary N) is 1. The van der Waals surface area contributed by atoms with Crippen molar-refractivity contribution in [3.63, 3.8) is 0 Å². The van der Waals surface area contributed by atoms with Crippen LogP contribution in [0, 0.1) is 0 Å². The van der Waals surface area contributed by atoms with Crippen LogP contribution in [0.1, 0.15) is 29.4 Å². The van der Waals surface area contributed by atoms with Gasteiger partial charge in [-0.05, 0) is 0 Å². The molecule has 0 bridgehead atoms. The van der Waals surface area contributed by atoms with E-state index in [2.05, 4.69) is 87.5 Å². The van der Waals surface area contributed by atoms with Crippen molar-refractivity contribution >= 4 is 69.1 Å². The molecule has 2 aromatic carbocycles. The summed E-state index contributed by atoms with van der Waals surface area (Å²) in [4.78, 5) is 30.9. The number of fused-ring (bicyclic) bond motifs is 2. The number of hydrogen-bond donors (Lipinski definition) is 1. The Morgan fingerprint density at radius 1 is 1.03 bits per heavy atom. The van der Waals surface area contributed by atoms with Crippen LogP contribution in [0.5, 0.6) is 0 Å². The Labute approximate surface area is 194 Å². The van der Waals surface area contributed by atoms with E-state index in [1.54, 1.807) is 6.08 Å². The van der Waals surface area contributed by atoms with Crippen molar-refractivity contribution < 1.29 is 9.59 Å². The number of amidine groups is 1. The Balaban J connectivity index is 1.70. The number of carbonyl (C=O) groups excluding carboxylic acids is 2. The number of benzene rings is 2. The molecule has 1 radical (unpaired) electrons. The summed E-state index contributed by atoms with van der Waals surface area (Å²) in [5.74, 6) is -0.931. The summed E-state index contributed by atoms with van der Waals surface area (Å²) in [5, 5.41) is 2.58. The van der Waals surface area contributed by atoms with Gasteiger partial charge in [-0.25, -0.2) is 0 Å². The third kappa shape index (κ3) is 3.35. The molecule has 0 unspecified atom stereocenters. The fraction of sp³-hybridized carbons (Fsp3) is 0.125. The van der Waals surface area contributed by atoms with E-state index in [9.17, 15) is 9.59 Å². The van der Waals surface area contributed by atoms with E-state index in [0.717, 1.165) is 10.1 Å². The summed E-state index contributed by atoms with van der Waals surface area (Å²) < 4.78 is 2.42. The molecule has 0 fully saturated rings. The molecule has 3 aromatic rings. The Bertz CT molecular complexity index is 1290. The zero-order chi connectivity index (χ0) is 21.8. The number of aliphatic imine (C=N–C) groups is 1. The average molecular weight is 538 g/mol. The van der Waals surface area contributed by atoms with Crippen LogP contribution < -0.4 is 10.2 Å². The number of anilines is 3. The summed E-state index contributed by atoms with van der Waals surface area (Å²) in [5.41, 5.74) is 4.63. The summed E-state index contributed by atoms with van der Waals surface area (Å²) in [6, 6.07) is 20.9. The van der Waals surface area contributed by atoms with Crippen molar-refractivity contribution in [3.05, 3.63) is 81.8 Å². The fourth-order valence-corrected chi connectivity index (χ4v) is 7.17. The summed E-state index contributed by atoms with van der Waals surface area (Å²) in [6.07, 6.45) is 1.70. The van der Waals surface area contributed by atoms with Crippen LogP contribution in [0.3, 0.4) is 0 Å². The SMILES string of the molecule is CC1(C)c2ccccc2N(c2ccccc2)c2[se]c(/C=C3/C(=O)N=C([Se])NC3=O)cc21. The van der Waals surface area contributed by atoms with Crippen molar-refractivity contribution in [2.45, 2.75) is 19.3 Å². The topological polar surface area (TPSA) is 61.8 Å². The van der Waals surface area contributed by atoms with Crippen LogP contribution in [-0.2, 0) is 15.0 Å².